The predicted octanol–water partition coefficient (Wildman–Crippen LogP) is 1.69. The fourth-order valence-electron chi connectivity index (χ4n) is 1.09. The van der Waals surface area contributed by atoms with Crippen LogP contribution in [0.2, 0.25) is 0 Å². The highest BCUT2D eigenvalue weighted by Crippen LogP contribution is 2.13. The zero-order chi connectivity index (χ0) is 11.1. The Labute approximate surface area is 88.4 Å². The Bertz CT molecular complexity index is 322. The highest BCUT2D eigenvalue weighted by molar-refractivity contribution is 5.68. The maximum absolute atomic E-state index is 10.3. The summed E-state index contributed by atoms with van der Waals surface area (Å²) in [4.78, 5) is 10.3. The Kier molecular flexibility index (Phi) is 4.63. The number of benzene rings is 1. The van der Waals surface area contributed by atoms with E-state index in [1.807, 2.05) is 19.1 Å². The van der Waals surface area contributed by atoms with E-state index in [4.69, 9.17) is 14.6 Å². The van der Waals surface area contributed by atoms with Crippen LogP contribution in [0.4, 0.5) is 0 Å². The second-order valence-corrected chi connectivity index (χ2v) is 2.97. The minimum atomic E-state index is -0.981. The number of carboxylic acid groups (broad SMARTS) is 1. The quantitative estimate of drug-likeness (QED) is 0.776. The van der Waals surface area contributed by atoms with Crippen molar-refractivity contribution in [2.24, 2.45) is 0 Å². The summed E-state index contributed by atoms with van der Waals surface area (Å²) in [5, 5.41) is 8.44. The minimum absolute atomic E-state index is 0.321. The summed E-state index contributed by atoms with van der Waals surface area (Å²) in [6, 6.07) is 7.21. The molecule has 0 aromatic heterocycles. The zero-order valence-electron chi connectivity index (χ0n) is 8.60. The molecule has 0 unspecified atom stereocenters. The van der Waals surface area contributed by atoms with Crippen molar-refractivity contribution in [1.82, 2.24) is 0 Å². The molecule has 0 saturated carbocycles. The molecule has 1 aromatic carbocycles. The van der Waals surface area contributed by atoms with E-state index in [1.165, 1.54) is 0 Å². The maximum Gasteiger partial charge on any atom is 0.341 e. The van der Waals surface area contributed by atoms with E-state index >= 15 is 0 Å². The maximum atomic E-state index is 10.3. The van der Waals surface area contributed by atoms with Crippen molar-refractivity contribution in [3.8, 4) is 5.75 Å². The van der Waals surface area contributed by atoms with E-state index in [0.29, 0.717) is 19.0 Å². The van der Waals surface area contributed by atoms with Crippen molar-refractivity contribution in [2.75, 3.05) is 13.2 Å². The van der Waals surface area contributed by atoms with Crippen LogP contribution in [0.5, 0.6) is 5.75 Å². The molecule has 0 amide bonds. The van der Waals surface area contributed by atoms with E-state index in [0.717, 1.165) is 5.56 Å². The molecule has 4 heteroatoms. The molecule has 1 rings (SSSR count). The Morgan fingerprint density at radius 2 is 2.27 bits per heavy atom. The van der Waals surface area contributed by atoms with Gasteiger partial charge < -0.3 is 14.6 Å². The molecule has 0 aliphatic heterocycles. The molecule has 0 heterocycles. The first kappa shape index (κ1) is 11.5. The normalized spacial score (nSPS) is 9.93. The Hall–Kier alpha value is -1.55. The van der Waals surface area contributed by atoms with Crippen LogP contribution in [-0.2, 0) is 16.1 Å². The molecule has 0 aliphatic rings. The molecule has 15 heavy (non-hydrogen) atoms. The van der Waals surface area contributed by atoms with Gasteiger partial charge in [0, 0.05) is 6.61 Å². The summed E-state index contributed by atoms with van der Waals surface area (Å²) in [6.07, 6.45) is 0. The van der Waals surface area contributed by atoms with Gasteiger partial charge >= 0.3 is 5.97 Å². The van der Waals surface area contributed by atoms with Crippen LogP contribution in [0.1, 0.15) is 12.5 Å². The van der Waals surface area contributed by atoms with Crippen LogP contribution in [0, 0.1) is 0 Å². The van der Waals surface area contributed by atoms with Gasteiger partial charge in [0.1, 0.15) is 5.75 Å². The van der Waals surface area contributed by atoms with Gasteiger partial charge in [0.15, 0.2) is 6.61 Å². The van der Waals surface area contributed by atoms with Crippen molar-refractivity contribution < 1.29 is 19.4 Å². The van der Waals surface area contributed by atoms with Crippen molar-refractivity contribution in [2.45, 2.75) is 13.5 Å². The lowest BCUT2D eigenvalue weighted by atomic mass is 10.2. The average Bonchev–Trinajstić information content (AvgIpc) is 2.24. The summed E-state index contributed by atoms with van der Waals surface area (Å²) in [6.45, 7) is 2.77. The number of carbonyl (C=O) groups is 1. The molecule has 4 nitrogen and oxygen atoms in total. The lowest BCUT2D eigenvalue weighted by Crippen LogP contribution is -2.09. The fraction of sp³-hybridized carbons (Fsp3) is 0.364. The number of aliphatic carboxylic acids is 1. The molecule has 0 bridgehead atoms. The van der Waals surface area contributed by atoms with Gasteiger partial charge in [-0.3, -0.25) is 0 Å². The number of hydrogen-bond donors (Lipinski definition) is 1. The lowest BCUT2D eigenvalue weighted by Gasteiger charge is -2.05. The van der Waals surface area contributed by atoms with Gasteiger partial charge in [-0.2, -0.15) is 0 Å². The minimum Gasteiger partial charge on any atom is -0.482 e. The smallest absolute Gasteiger partial charge is 0.341 e. The van der Waals surface area contributed by atoms with Crippen molar-refractivity contribution in [3.05, 3.63) is 29.8 Å². The van der Waals surface area contributed by atoms with Gasteiger partial charge in [0.2, 0.25) is 0 Å². The average molecular weight is 210 g/mol. The summed E-state index contributed by atoms with van der Waals surface area (Å²) >= 11 is 0. The number of rotatable bonds is 6. The Morgan fingerprint density at radius 1 is 1.47 bits per heavy atom. The Balaban J connectivity index is 2.53. The highest BCUT2D eigenvalue weighted by Gasteiger charge is 2.00. The highest BCUT2D eigenvalue weighted by atomic mass is 16.5. The number of ether oxygens (including phenoxy) is 2. The molecule has 0 aliphatic carbocycles. The lowest BCUT2D eigenvalue weighted by molar-refractivity contribution is -0.139. The molecule has 0 atom stereocenters. The van der Waals surface area contributed by atoms with Crippen molar-refractivity contribution >= 4 is 5.97 Å². The standard InChI is InChI=1S/C11H14O4/c1-2-14-7-9-4-3-5-10(6-9)15-8-11(12)13/h3-6H,2,7-8H2,1H3,(H,12,13). The van der Waals surface area contributed by atoms with Crippen LogP contribution < -0.4 is 4.74 Å². The van der Waals surface area contributed by atoms with Crippen LogP contribution in [0.3, 0.4) is 0 Å². The molecule has 0 radical (unpaired) electrons. The van der Waals surface area contributed by atoms with Gasteiger partial charge in [-0.25, -0.2) is 4.79 Å². The van der Waals surface area contributed by atoms with Crippen LogP contribution >= 0.6 is 0 Å². The van der Waals surface area contributed by atoms with E-state index in [9.17, 15) is 4.79 Å². The topological polar surface area (TPSA) is 55.8 Å². The van der Waals surface area contributed by atoms with Gasteiger partial charge in [0.25, 0.3) is 0 Å². The van der Waals surface area contributed by atoms with E-state index in [1.54, 1.807) is 12.1 Å². The monoisotopic (exact) mass is 210 g/mol. The third-order valence-corrected chi connectivity index (χ3v) is 1.73. The van der Waals surface area contributed by atoms with Gasteiger partial charge in [-0.1, -0.05) is 12.1 Å². The van der Waals surface area contributed by atoms with Crippen LogP contribution in [0.25, 0.3) is 0 Å². The number of carboxylic acids is 1. The zero-order valence-corrected chi connectivity index (χ0v) is 8.60. The summed E-state index contributed by atoms with van der Waals surface area (Å²) < 4.78 is 10.3. The largest absolute Gasteiger partial charge is 0.482 e. The van der Waals surface area contributed by atoms with Crippen LogP contribution in [0.15, 0.2) is 24.3 Å². The third-order valence-electron chi connectivity index (χ3n) is 1.73. The van der Waals surface area contributed by atoms with E-state index < -0.39 is 5.97 Å². The summed E-state index contributed by atoms with van der Waals surface area (Å²) in [7, 11) is 0. The van der Waals surface area contributed by atoms with Gasteiger partial charge in [0.05, 0.1) is 6.61 Å². The second-order valence-electron chi connectivity index (χ2n) is 2.97. The molecule has 0 saturated heterocycles. The molecule has 0 spiro atoms. The fourth-order valence-corrected chi connectivity index (χ4v) is 1.09. The van der Waals surface area contributed by atoms with Gasteiger partial charge in [-0.15, -0.1) is 0 Å². The second kappa shape index (κ2) is 6.03. The van der Waals surface area contributed by atoms with E-state index in [-0.39, 0.29) is 6.61 Å². The van der Waals surface area contributed by atoms with Crippen LogP contribution in [-0.4, -0.2) is 24.3 Å². The summed E-state index contributed by atoms with van der Waals surface area (Å²) in [5.74, 6) is -0.431. The predicted molar refractivity (Wildman–Crippen MR) is 54.9 cm³/mol. The van der Waals surface area contributed by atoms with Crippen molar-refractivity contribution in [3.63, 3.8) is 0 Å². The Morgan fingerprint density at radius 3 is 2.93 bits per heavy atom. The summed E-state index contributed by atoms with van der Waals surface area (Å²) in [5.41, 5.74) is 0.972. The first-order valence-corrected chi connectivity index (χ1v) is 4.73. The third kappa shape index (κ3) is 4.46. The SMILES string of the molecule is CCOCc1cccc(OCC(=O)O)c1. The van der Waals surface area contributed by atoms with E-state index in [2.05, 4.69) is 0 Å². The molecule has 1 aromatic rings. The van der Waals surface area contributed by atoms with Gasteiger partial charge in [-0.05, 0) is 24.6 Å². The molecule has 0 fully saturated rings. The van der Waals surface area contributed by atoms with Crippen molar-refractivity contribution in [1.29, 1.82) is 0 Å². The first-order valence-electron chi connectivity index (χ1n) is 4.73. The molecular formula is C11H14O4. The number of hydrogen-bond acceptors (Lipinski definition) is 3. The molecule has 82 valence electrons. The molecular weight excluding hydrogens is 196 g/mol. The first-order chi connectivity index (χ1) is 7.22. The molecule has 1 N–H and O–H groups in total.